The van der Waals surface area contributed by atoms with E-state index in [1.165, 1.54) is 31.2 Å². The van der Waals surface area contributed by atoms with Gasteiger partial charge in [-0.25, -0.2) is 8.42 Å². The molecule has 0 heterocycles. The third kappa shape index (κ3) is 7.24. The van der Waals surface area contributed by atoms with Crippen molar-refractivity contribution in [2.24, 2.45) is 0 Å². The second-order valence-corrected chi connectivity index (χ2v) is 9.60. The second-order valence-electron chi connectivity index (χ2n) is 7.89. The summed E-state index contributed by atoms with van der Waals surface area (Å²) in [4.78, 5) is 35.3. The molecule has 0 fully saturated rings. The Labute approximate surface area is 209 Å². The normalized spacial score (nSPS) is 11.9. The SMILES string of the molecule is CC(=O)Oc1ccccc1C(=O)NCCCC(NS(=O)(=O)c1ccc(-c2ccccc2)cc1)C(=O)O. The highest BCUT2D eigenvalue weighted by atomic mass is 32.2. The van der Waals surface area contributed by atoms with Gasteiger partial charge in [-0.1, -0.05) is 54.6 Å². The summed E-state index contributed by atoms with van der Waals surface area (Å²) >= 11 is 0. The maximum atomic E-state index is 12.8. The van der Waals surface area contributed by atoms with Crippen LogP contribution in [0.3, 0.4) is 0 Å². The van der Waals surface area contributed by atoms with Gasteiger partial charge in [-0.3, -0.25) is 14.4 Å². The molecular formula is C26H26N2O7S. The van der Waals surface area contributed by atoms with Gasteiger partial charge in [0, 0.05) is 13.5 Å². The van der Waals surface area contributed by atoms with Crippen molar-refractivity contribution in [2.75, 3.05) is 6.54 Å². The molecule has 0 aliphatic heterocycles. The van der Waals surface area contributed by atoms with Crippen molar-refractivity contribution in [1.82, 2.24) is 10.0 Å². The van der Waals surface area contributed by atoms with Crippen molar-refractivity contribution in [3.63, 3.8) is 0 Å². The Balaban J connectivity index is 1.57. The van der Waals surface area contributed by atoms with E-state index in [1.807, 2.05) is 30.3 Å². The van der Waals surface area contributed by atoms with E-state index in [1.54, 1.807) is 24.3 Å². The summed E-state index contributed by atoms with van der Waals surface area (Å²) in [6, 6.07) is 20.4. The lowest BCUT2D eigenvalue weighted by molar-refractivity contribution is -0.139. The first-order valence-electron chi connectivity index (χ1n) is 11.1. The van der Waals surface area contributed by atoms with E-state index in [-0.39, 0.29) is 35.6 Å². The number of aliphatic carboxylic acids is 1. The molecule has 1 unspecified atom stereocenters. The number of sulfonamides is 1. The molecule has 1 amide bonds. The minimum Gasteiger partial charge on any atom is -0.480 e. The van der Waals surface area contributed by atoms with Crippen LogP contribution in [0.5, 0.6) is 5.75 Å². The first-order chi connectivity index (χ1) is 17.2. The van der Waals surface area contributed by atoms with Crippen LogP contribution in [0.25, 0.3) is 11.1 Å². The molecule has 0 bridgehead atoms. The van der Waals surface area contributed by atoms with Crippen LogP contribution in [0.15, 0.2) is 83.8 Å². The van der Waals surface area contributed by atoms with Crippen molar-refractivity contribution in [3.05, 3.63) is 84.4 Å². The number of carbonyl (C=O) groups is 3. The number of ether oxygens (including phenoxy) is 1. The molecule has 0 saturated heterocycles. The first kappa shape index (κ1) is 26.6. The van der Waals surface area contributed by atoms with Gasteiger partial charge in [-0.15, -0.1) is 0 Å². The Morgan fingerprint density at radius 3 is 2.14 bits per heavy atom. The molecule has 3 aromatic rings. The number of hydrogen-bond acceptors (Lipinski definition) is 6. The number of benzene rings is 3. The summed E-state index contributed by atoms with van der Waals surface area (Å²) in [5, 5.41) is 12.1. The van der Waals surface area contributed by atoms with Crippen LogP contribution in [0, 0.1) is 0 Å². The van der Waals surface area contributed by atoms with Gasteiger partial charge in [-0.2, -0.15) is 4.72 Å². The topological polar surface area (TPSA) is 139 Å². The predicted octanol–water partition coefficient (Wildman–Crippen LogP) is 3.22. The summed E-state index contributed by atoms with van der Waals surface area (Å²) in [6.07, 6.45) is 0.135. The van der Waals surface area contributed by atoms with E-state index in [2.05, 4.69) is 10.0 Å². The van der Waals surface area contributed by atoms with Crippen molar-refractivity contribution < 1.29 is 32.6 Å². The highest BCUT2D eigenvalue weighted by Crippen LogP contribution is 2.21. The van der Waals surface area contributed by atoms with Crippen LogP contribution in [0.2, 0.25) is 0 Å². The number of amides is 1. The van der Waals surface area contributed by atoms with Crippen molar-refractivity contribution >= 4 is 27.9 Å². The summed E-state index contributed by atoms with van der Waals surface area (Å²) < 4.78 is 32.8. The third-order valence-corrected chi connectivity index (χ3v) is 6.70. The fraction of sp³-hybridized carbons (Fsp3) is 0.192. The summed E-state index contributed by atoms with van der Waals surface area (Å²) in [7, 11) is -4.08. The molecule has 9 nitrogen and oxygen atoms in total. The third-order valence-electron chi connectivity index (χ3n) is 5.21. The minimum absolute atomic E-state index is 0.0520. The summed E-state index contributed by atoms with van der Waals surface area (Å²) in [6.45, 7) is 1.31. The lowest BCUT2D eigenvalue weighted by atomic mass is 10.1. The number of nitrogens with one attached hydrogen (secondary N) is 2. The maximum absolute atomic E-state index is 12.8. The largest absolute Gasteiger partial charge is 0.480 e. The Kier molecular flexibility index (Phi) is 8.93. The molecule has 1 atom stereocenters. The van der Waals surface area contributed by atoms with E-state index in [9.17, 15) is 27.9 Å². The standard InChI is InChI=1S/C26H26N2O7S/c1-18(29)35-24-12-6-5-10-22(24)25(30)27-17-7-11-23(26(31)32)28-36(33,34)21-15-13-20(14-16-21)19-8-3-2-4-9-19/h2-6,8-10,12-16,23,28H,7,11,17H2,1H3,(H,27,30)(H,31,32). The monoisotopic (exact) mass is 510 g/mol. The van der Waals surface area contributed by atoms with Crippen LogP contribution in [0.4, 0.5) is 0 Å². The lowest BCUT2D eigenvalue weighted by Gasteiger charge is -2.15. The van der Waals surface area contributed by atoms with Gasteiger partial charge in [-0.05, 0) is 48.2 Å². The van der Waals surface area contributed by atoms with E-state index in [0.29, 0.717) is 0 Å². The lowest BCUT2D eigenvalue weighted by Crippen LogP contribution is -2.41. The van der Waals surface area contributed by atoms with E-state index < -0.39 is 33.9 Å². The van der Waals surface area contributed by atoms with Gasteiger partial charge in [0.05, 0.1) is 10.5 Å². The van der Waals surface area contributed by atoms with Crippen LogP contribution in [-0.4, -0.2) is 44.0 Å². The molecule has 0 radical (unpaired) electrons. The maximum Gasteiger partial charge on any atom is 0.321 e. The molecule has 3 aromatic carbocycles. The van der Waals surface area contributed by atoms with Crippen LogP contribution >= 0.6 is 0 Å². The van der Waals surface area contributed by atoms with Gasteiger partial charge < -0.3 is 15.2 Å². The molecule has 36 heavy (non-hydrogen) atoms. The number of carboxylic acids is 1. The Bertz CT molecular complexity index is 1320. The average Bonchev–Trinajstić information content (AvgIpc) is 2.86. The van der Waals surface area contributed by atoms with Crippen molar-refractivity contribution in [2.45, 2.75) is 30.7 Å². The van der Waals surface area contributed by atoms with Gasteiger partial charge >= 0.3 is 11.9 Å². The number of para-hydroxylation sites is 1. The first-order valence-corrected chi connectivity index (χ1v) is 12.6. The number of carbonyl (C=O) groups excluding carboxylic acids is 2. The zero-order valence-electron chi connectivity index (χ0n) is 19.5. The Morgan fingerprint density at radius 2 is 1.50 bits per heavy atom. The van der Waals surface area contributed by atoms with Gasteiger partial charge in [0.2, 0.25) is 10.0 Å². The zero-order valence-corrected chi connectivity index (χ0v) is 20.3. The van der Waals surface area contributed by atoms with Crippen LogP contribution in [-0.2, 0) is 19.6 Å². The van der Waals surface area contributed by atoms with Crippen molar-refractivity contribution in [3.8, 4) is 16.9 Å². The highest BCUT2D eigenvalue weighted by Gasteiger charge is 2.25. The molecule has 188 valence electrons. The molecule has 0 spiro atoms. The Morgan fingerprint density at radius 1 is 0.889 bits per heavy atom. The molecule has 10 heteroatoms. The molecular weight excluding hydrogens is 484 g/mol. The predicted molar refractivity (Wildman–Crippen MR) is 133 cm³/mol. The molecule has 3 N–H and O–H groups in total. The molecule has 0 saturated carbocycles. The van der Waals surface area contributed by atoms with E-state index in [0.717, 1.165) is 11.1 Å². The molecule has 0 aliphatic carbocycles. The van der Waals surface area contributed by atoms with Crippen molar-refractivity contribution in [1.29, 1.82) is 0 Å². The van der Waals surface area contributed by atoms with Gasteiger partial charge in [0.25, 0.3) is 5.91 Å². The second kappa shape index (κ2) is 12.1. The van der Waals surface area contributed by atoms with E-state index in [4.69, 9.17) is 4.74 Å². The quantitative estimate of drug-likeness (QED) is 0.204. The number of rotatable bonds is 11. The van der Waals surface area contributed by atoms with Crippen LogP contribution < -0.4 is 14.8 Å². The molecule has 0 aliphatic rings. The van der Waals surface area contributed by atoms with E-state index >= 15 is 0 Å². The number of esters is 1. The summed E-state index contributed by atoms with van der Waals surface area (Å²) in [5.74, 6) is -2.29. The average molecular weight is 511 g/mol. The zero-order chi connectivity index (χ0) is 26.1. The minimum atomic E-state index is -4.08. The fourth-order valence-electron chi connectivity index (χ4n) is 3.45. The fourth-order valence-corrected chi connectivity index (χ4v) is 4.67. The smallest absolute Gasteiger partial charge is 0.321 e. The molecule has 3 rings (SSSR count). The Hall–Kier alpha value is -4.02. The summed E-state index contributed by atoms with van der Waals surface area (Å²) in [5.41, 5.74) is 1.91. The van der Waals surface area contributed by atoms with Crippen LogP contribution in [0.1, 0.15) is 30.1 Å². The number of hydrogen-bond donors (Lipinski definition) is 3. The van der Waals surface area contributed by atoms with Gasteiger partial charge in [0.1, 0.15) is 11.8 Å². The molecule has 0 aromatic heterocycles. The number of carboxylic acid groups (broad SMARTS) is 1. The van der Waals surface area contributed by atoms with Gasteiger partial charge in [0.15, 0.2) is 0 Å². The highest BCUT2D eigenvalue weighted by molar-refractivity contribution is 7.89.